The van der Waals surface area contributed by atoms with Crippen LogP contribution in [0.4, 0.5) is 4.39 Å². The van der Waals surface area contributed by atoms with Gasteiger partial charge in [0.1, 0.15) is 23.1 Å². The van der Waals surface area contributed by atoms with Gasteiger partial charge in [0.15, 0.2) is 0 Å². The molecule has 2 rings (SSSR count). The number of rotatable bonds is 10. The Bertz CT molecular complexity index is 759. The molecule has 0 fully saturated rings. The lowest BCUT2D eigenvalue weighted by Gasteiger charge is -2.07. The second-order valence-electron chi connectivity index (χ2n) is 5.74. The summed E-state index contributed by atoms with van der Waals surface area (Å²) in [4.78, 5) is 11.9. The number of hydrogen-bond donors (Lipinski definition) is 1. The highest BCUT2D eigenvalue weighted by molar-refractivity contribution is 5.92. The lowest BCUT2D eigenvalue weighted by molar-refractivity contribution is -0.116. The summed E-state index contributed by atoms with van der Waals surface area (Å²) in [5, 5.41) is 2.82. The third kappa shape index (κ3) is 7.01. The van der Waals surface area contributed by atoms with E-state index in [1.165, 1.54) is 18.2 Å². The Kier molecular flexibility index (Phi) is 8.16. The molecule has 5 nitrogen and oxygen atoms in total. The fraction of sp³-hybridized carbons (Fsp3) is 0.286. The zero-order valence-corrected chi connectivity index (χ0v) is 15.5. The van der Waals surface area contributed by atoms with Crippen molar-refractivity contribution in [1.82, 2.24) is 5.32 Å². The highest BCUT2D eigenvalue weighted by Crippen LogP contribution is 2.24. The highest BCUT2D eigenvalue weighted by Gasteiger charge is 2.03. The average molecular weight is 373 g/mol. The average Bonchev–Trinajstić information content (AvgIpc) is 2.70. The van der Waals surface area contributed by atoms with Crippen LogP contribution in [0.5, 0.6) is 17.2 Å². The maximum atomic E-state index is 12.8. The molecule has 0 saturated heterocycles. The molecule has 0 heterocycles. The van der Waals surface area contributed by atoms with Gasteiger partial charge >= 0.3 is 0 Å². The van der Waals surface area contributed by atoms with Gasteiger partial charge in [0.2, 0.25) is 5.91 Å². The topological polar surface area (TPSA) is 56.8 Å². The van der Waals surface area contributed by atoms with E-state index in [0.29, 0.717) is 30.4 Å². The fourth-order valence-corrected chi connectivity index (χ4v) is 2.35. The van der Waals surface area contributed by atoms with Crippen molar-refractivity contribution in [2.24, 2.45) is 0 Å². The van der Waals surface area contributed by atoms with E-state index in [1.54, 1.807) is 50.6 Å². The zero-order valence-electron chi connectivity index (χ0n) is 15.5. The molecule has 0 aromatic heterocycles. The van der Waals surface area contributed by atoms with E-state index in [2.05, 4.69) is 5.32 Å². The largest absolute Gasteiger partial charge is 0.497 e. The lowest BCUT2D eigenvalue weighted by atomic mass is 10.1. The summed E-state index contributed by atoms with van der Waals surface area (Å²) in [7, 11) is 3.16. The molecular weight excluding hydrogens is 349 g/mol. The molecule has 0 unspecified atom stereocenters. The van der Waals surface area contributed by atoms with Crippen LogP contribution in [0.3, 0.4) is 0 Å². The first-order valence-electron chi connectivity index (χ1n) is 8.68. The van der Waals surface area contributed by atoms with Crippen LogP contribution in [0.25, 0.3) is 6.08 Å². The number of hydrogen-bond acceptors (Lipinski definition) is 4. The van der Waals surface area contributed by atoms with Crippen LogP contribution >= 0.6 is 0 Å². The maximum Gasteiger partial charge on any atom is 0.244 e. The minimum atomic E-state index is -0.287. The van der Waals surface area contributed by atoms with Crippen molar-refractivity contribution >= 4 is 12.0 Å². The van der Waals surface area contributed by atoms with Crippen molar-refractivity contribution in [2.45, 2.75) is 12.8 Å². The molecule has 27 heavy (non-hydrogen) atoms. The van der Waals surface area contributed by atoms with Gasteiger partial charge in [0.05, 0.1) is 20.8 Å². The van der Waals surface area contributed by atoms with Gasteiger partial charge < -0.3 is 19.5 Å². The first-order valence-corrected chi connectivity index (χ1v) is 8.68. The Labute approximate surface area is 158 Å². The SMILES string of the molecule is COc1ccc(OC)c(C=CC(=O)NCCCCOc2ccc(F)cc2)c1. The number of nitrogens with one attached hydrogen (secondary N) is 1. The number of carbonyl (C=O) groups is 1. The first kappa shape index (κ1) is 20.3. The number of amides is 1. The minimum absolute atomic E-state index is 0.181. The van der Waals surface area contributed by atoms with Gasteiger partial charge in [0, 0.05) is 18.2 Å². The van der Waals surface area contributed by atoms with Crippen LogP contribution in [0.1, 0.15) is 18.4 Å². The smallest absolute Gasteiger partial charge is 0.244 e. The molecule has 0 radical (unpaired) electrons. The summed E-state index contributed by atoms with van der Waals surface area (Å²) in [6.07, 6.45) is 4.72. The summed E-state index contributed by atoms with van der Waals surface area (Å²) in [5.74, 6) is 1.52. The second kappa shape index (κ2) is 10.9. The first-order chi connectivity index (χ1) is 13.1. The molecule has 0 bridgehead atoms. The molecule has 0 spiro atoms. The molecule has 0 aliphatic heterocycles. The monoisotopic (exact) mass is 373 g/mol. The molecule has 0 aliphatic rings. The van der Waals surface area contributed by atoms with Crippen LogP contribution in [0.2, 0.25) is 0 Å². The van der Waals surface area contributed by atoms with Gasteiger partial charge in [0.25, 0.3) is 0 Å². The summed E-state index contributed by atoms with van der Waals surface area (Å²) >= 11 is 0. The number of halogens is 1. The van der Waals surface area contributed by atoms with Crippen molar-refractivity contribution in [1.29, 1.82) is 0 Å². The van der Waals surface area contributed by atoms with Gasteiger partial charge in [-0.05, 0) is 61.4 Å². The van der Waals surface area contributed by atoms with Gasteiger partial charge in [-0.25, -0.2) is 4.39 Å². The molecule has 1 N–H and O–H groups in total. The Morgan fingerprint density at radius 2 is 1.78 bits per heavy atom. The predicted octanol–water partition coefficient (Wildman–Crippen LogP) is 3.83. The van der Waals surface area contributed by atoms with Crippen molar-refractivity contribution < 1.29 is 23.4 Å². The van der Waals surface area contributed by atoms with Gasteiger partial charge in [-0.3, -0.25) is 4.79 Å². The zero-order chi connectivity index (χ0) is 19.5. The fourth-order valence-electron chi connectivity index (χ4n) is 2.35. The normalized spacial score (nSPS) is 10.6. The molecule has 144 valence electrons. The summed E-state index contributed by atoms with van der Waals surface area (Å²) in [6.45, 7) is 1.06. The standard InChI is InChI=1S/C21H24FNO4/c1-25-19-10-11-20(26-2)16(15-19)5-12-21(24)23-13-3-4-14-27-18-8-6-17(22)7-9-18/h5-12,15H,3-4,13-14H2,1-2H3,(H,23,24). The van der Waals surface area contributed by atoms with E-state index in [-0.39, 0.29) is 11.7 Å². The van der Waals surface area contributed by atoms with Gasteiger partial charge in [-0.2, -0.15) is 0 Å². The third-order valence-corrected chi connectivity index (χ3v) is 3.80. The molecule has 0 saturated carbocycles. The van der Waals surface area contributed by atoms with Crippen LogP contribution in [-0.2, 0) is 4.79 Å². The molecule has 2 aromatic rings. The third-order valence-electron chi connectivity index (χ3n) is 3.80. The Balaban J connectivity index is 1.68. The van der Waals surface area contributed by atoms with Gasteiger partial charge in [-0.1, -0.05) is 0 Å². The van der Waals surface area contributed by atoms with Crippen molar-refractivity contribution in [2.75, 3.05) is 27.4 Å². The van der Waals surface area contributed by atoms with Crippen molar-refractivity contribution in [3.05, 3.63) is 59.9 Å². The van der Waals surface area contributed by atoms with E-state index in [4.69, 9.17) is 14.2 Å². The predicted molar refractivity (Wildman–Crippen MR) is 103 cm³/mol. The number of methoxy groups -OCH3 is 2. The highest BCUT2D eigenvalue weighted by atomic mass is 19.1. The van der Waals surface area contributed by atoms with Crippen LogP contribution in [0, 0.1) is 5.82 Å². The summed E-state index contributed by atoms with van der Waals surface area (Å²) < 4.78 is 28.7. The lowest BCUT2D eigenvalue weighted by Crippen LogP contribution is -2.22. The van der Waals surface area contributed by atoms with Crippen molar-refractivity contribution in [3.8, 4) is 17.2 Å². The quantitative estimate of drug-likeness (QED) is 0.508. The molecule has 6 heteroatoms. The van der Waals surface area contributed by atoms with Crippen LogP contribution in [-0.4, -0.2) is 33.3 Å². The van der Waals surface area contributed by atoms with E-state index in [0.717, 1.165) is 18.4 Å². The van der Waals surface area contributed by atoms with Crippen molar-refractivity contribution in [3.63, 3.8) is 0 Å². The minimum Gasteiger partial charge on any atom is -0.497 e. The summed E-state index contributed by atoms with van der Waals surface area (Å²) in [5.41, 5.74) is 0.764. The number of carbonyl (C=O) groups excluding carboxylic acids is 1. The second-order valence-corrected chi connectivity index (χ2v) is 5.74. The van der Waals surface area contributed by atoms with E-state index >= 15 is 0 Å². The Morgan fingerprint density at radius 1 is 1.04 bits per heavy atom. The van der Waals surface area contributed by atoms with Crippen LogP contribution < -0.4 is 19.5 Å². The molecule has 0 atom stereocenters. The summed E-state index contributed by atoms with van der Waals surface area (Å²) in [6, 6.07) is 11.3. The molecular formula is C21H24FNO4. The molecule has 2 aromatic carbocycles. The Morgan fingerprint density at radius 3 is 2.48 bits per heavy atom. The maximum absolute atomic E-state index is 12.8. The molecule has 0 aliphatic carbocycles. The Hall–Kier alpha value is -3.02. The number of unbranched alkanes of at least 4 members (excludes halogenated alkanes) is 1. The van der Waals surface area contributed by atoms with E-state index in [1.807, 2.05) is 0 Å². The van der Waals surface area contributed by atoms with E-state index < -0.39 is 0 Å². The van der Waals surface area contributed by atoms with E-state index in [9.17, 15) is 9.18 Å². The molecule has 1 amide bonds. The number of ether oxygens (including phenoxy) is 3. The van der Waals surface area contributed by atoms with Crippen LogP contribution in [0.15, 0.2) is 48.5 Å². The van der Waals surface area contributed by atoms with Gasteiger partial charge in [-0.15, -0.1) is 0 Å². The number of benzene rings is 2.